The molecule has 0 saturated carbocycles. The number of nitrogens with two attached hydrogens (primary N) is 1. The van der Waals surface area contributed by atoms with Crippen LogP contribution in [0.1, 0.15) is 10.6 Å². The number of aromatic nitrogens is 1. The van der Waals surface area contributed by atoms with Crippen molar-refractivity contribution >= 4 is 27.0 Å². The molecule has 0 atom stereocenters. The maximum absolute atomic E-state index is 13.2. The van der Waals surface area contributed by atoms with Gasteiger partial charge in [0.1, 0.15) is 5.82 Å². The van der Waals surface area contributed by atoms with Crippen molar-refractivity contribution in [2.75, 3.05) is 11.3 Å². The summed E-state index contributed by atoms with van der Waals surface area (Å²) in [6.45, 7) is 1.80. The molecule has 2 aromatic rings. The van der Waals surface area contributed by atoms with Crippen LogP contribution < -0.4 is 10.5 Å². The van der Waals surface area contributed by atoms with Crippen LogP contribution in [0.5, 0.6) is 0 Å². The quantitative estimate of drug-likeness (QED) is 0.841. The monoisotopic (exact) mass is 325 g/mol. The molecule has 0 bridgehead atoms. The number of nitrogens with one attached hydrogen (secondary N) is 1. The first-order valence-electron chi connectivity index (χ1n) is 5.86. The minimum atomic E-state index is -3.77. The number of anilines is 1. The molecular weight excluding hydrogens is 313 g/mol. The number of nitrogens with zero attached hydrogens (tertiary/aromatic N) is 1. The van der Waals surface area contributed by atoms with Crippen LogP contribution in [-0.4, -0.2) is 19.9 Å². The van der Waals surface area contributed by atoms with Crippen LogP contribution in [0.2, 0.25) is 0 Å². The molecule has 0 fully saturated rings. The Morgan fingerprint density at radius 3 is 2.86 bits per heavy atom. The standard InChI is InChI=1S/C13H12FN3O2S2/c1-9-16-8-13(20-9)21(18,19)17-12-5-4-11(14)7-10(12)3-2-6-15/h4-5,7-8,17H,6,15H2,1H3. The fourth-order valence-corrected chi connectivity index (χ4v) is 3.70. The molecule has 3 N–H and O–H groups in total. The van der Waals surface area contributed by atoms with E-state index < -0.39 is 15.8 Å². The summed E-state index contributed by atoms with van der Waals surface area (Å²) in [5.74, 6) is 4.70. The zero-order chi connectivity index (χ0) is 15.5. The van der Waals surface area contributed by atoms with E-state index in [0.29, 0.717) is 5.01 Å². The van der Waals surface area contributed by atoms with Crippen LogP contribution in [-0.2, 0) is 10.0 Å². The lowest BCUT2D eigenvalue weighted by atomic mass is 10.2. The minimum Gasteiger partial charge on any atom is -0.320 e. The molecule has 8 heteroatoms. The molecule has 0 aliphatic carbocycles. The van der Waals surface area contributed by atoms with Crippen LogP contribution in [0.15, 0.2) is 28.6 Å². The molecule has 1 aromatic heterocycles. The normalized spacial score (nSPS) is 10.8. The van der Waals surface area contributed by atoms with Crippen molar-refractivity contribution in [3.8, 4) is 11.8 Å². The predicted octanol–water partition coefficient (Wildman–Crippen LogP) is 1.70. The zero-order valence-electron chi connectivity index (χ0n) is 11.1. The van der Waals surface area contributed by atoms with Crippen molar-refractivity contribution in [1.82, 2.24) is 4.98 Å². The van der Waals surface area contributed by atoms with Crippen LogP contribution in [0, 0.1) is 24.6 Å². The second-order valence-electron chi connectivity index (χ2n) is 4.00. The molecule has 0 amide bonds. The Kier molecular flexibility index (Phi) is 4.57. The van der Waals surface area contributed by atoms with E-state index in [1.165, 1.54) is 12.3 Å². The number of aryl methyl sites for hydroxylation is 1. The largest absolute Gasteiger partial charge is 0.320 e. The van der Waals surface area contributed by atoms with Crippen LogP contribution in [0.25, 0.3) is 0 Å². The van der Waals surface area contributed by atoms with E-state index in [-0.39, 0.29) is 22.0 Å². The molecule has 1 aromatic carbocycles. The number of thiazole rings is 1. The number of rotatable bonds is 3. The number of hydrogen-bond acceptors (Lipinski definition) is 5. The summed E-state index contributed by atoms with van der Waals surface area (Å²) in [5, 5.41) is 0.637. The molecule has 0 aliphatic heterocycles. The molecule has 21 heavy (non-hydrogen) atoms. The van der Waals surface area contributed by atoms with Gasteiger partial charge in [-0.3, -0.25) is 4.72 Å². The smallest absolute Gasteiger partial charge is 0.273 e. The van der Waals surface area contributed by atoms with Crippen LogP contribution in [0.4, 0.5) is 10.1 Å². The number of halogens is 1. The second-order valence-corrected chi connectivity index (χ2v) is 7.14. The molecule has 0 unspecified atom stereocenters. The van der Waals surface area contributed by atoms with Gasteiger partial charge in [-0.1, -0.05) is 11.8 Å². The molecule has 0 aliphatic rings. The van der Waals surface area contributed by atoms with Crippen LogP contribution >= 0.6 is 11.3 Å². The zero-order valence-corrected chi connectivity index (χ0v) is 12.7. The average Bonchev–Trinajstić information content (AvgIpc) is 2.86. The first-order valence-corrected chi connectivity index (χ1v) is 8.16. The van der Waals surface area contributed by atoms with E-state index in [9.17, 15) is 12.8 Å². The lowest BCUT2D eigenvalue weighted by molar-refractivity contribution is 0.602. The Hall–Kier alpha value is -1.95. The fraction of sp³-hybridized carbons (Fsp3) is 0.154. The minimum absolute atomic E-state index is 0.0852. The van der Waals surface area contributed by atoms with E-state index in [1.807, 2.05) is 0 Å². The van der Waals surface area contributed by atoms with Gasteiger partial charge in [0.25, 0.3) is 10.0 Å². The Morgan fingerprint density at radius 2 is 2.24 bits per heavy atom. The van der Waals surface area contributed by atoms with E-state index in [4.69, 9.17) is 5.73 Å². The summed E-state index contributed by atoms with van der Waals surface area (Å²) in [5.41, 5.74) is 5.70. The van der Waals surface area contributed by atoms with Gasteiger partial charge in [0.2, 0.25) is 0 Å². The summed E-state index contributed by atoms with van der Waals surface area (Å²) in [4.78, 5) is 3.91. The summed E-state index contributed by atoms with van der Waals surface area (Å²) in [7, 11) is -3.77. The van der Waals surface area contributed by atoms with E-state index in [0.717, 1.165) is 23.5 Å². The molecule has 5 nitrogen and oxygen atoms in total. The first kappa shape index (κ1) is 15.4. The third-order valence-corrected chi connectivity index (χ3v) is 5.16. The summed E-state index contributed by atoms with van der Waals surface area (Å²) in [6.07, 6.45) is 1.27. The average molecular weight is 325 g/mol. The van der Waals surface area contributed by atoms with Gasteiger partial charge in [0.15, 0.2) is 4.21 Å². The highest BCUT2D eigenvalue weighted by Gasteiger charge is 2.18. The molecule has 0 radical (unpaired) electrons. The SMILES string of the molecule is Cc1ncc(S(=O)(=O)Nc2ccc(F)cc2C#CCN)s1. The van der Waals surface area contributed by atoms with E-state index in [1.54, 1.807) is 6.92 Å². The van der Waals surface area contributed by atoms with Gasteiger partial charge < -0.3 is 5.73 Å². The Bertz CT molecular complexity index is 819. The van der Waals surface area contributed by atoms with Crippen molar-refractivity contribution in [3.05, 3.63) is 40.8 Å². The molecule has 1 heterocycles. The summed E-state index contributed by atoms with van der Waals surface area (Å²) in [6, 6.07) is 3.63. The maximum atomic E-state index is 13.2. The molecule has 2 rings (SSSR count). The lowest BCUT2D eigenvalue weighted by Gasteiger charge is -2.08. The van der Waals surface area contributed by atoms with Gasteiger partial charge in [0, 0.05) is 0 Å². The van der Waals surface area contributed by atoms with Gasteiger partial charge in [0.05, 0.1) is 29.0 Å². The number of sulfonamides is 1. The Labute approximate surface area is 126 Å². The number of benzene rings is 1. The molecule has 0 saturated heterocycles. The molecule has 110 valence electrons. The van der Waals surface area contributed by atoms with Crippen molar-refractivity contribution in [3.63, 3.8) is 0 Å². The lowest BCUT2D eigenvalue weighted by Crippen LogP contribution is -2.12. The third-order valence-electron chi connectivity index (χ3n) is 2.42. The van der Waals surface area contributed by atoms with Crippen molar-refractivity contribution in [2.24, 2.45) is 5.73 Å². The fourth-order valence-electron chi connectivity index (χ4n) is 1.52. The van der Waals surface area contributed by atoms with Crippen molar-refractivity contribution in [1.29, 1.82) is 0 Å². The topological polar surface area (TPSA) is 85.1 Å². The van der Waals surface area contributed by atoms with Gasteiger partial charge >= 0.3 is 0 Å². The summed E-state index contributed by atoms with van der Waals surface area (Å²) >= 11 is 1.05. The highest BCUT2D eigenvalue weighted by molar-refractivity contribution is 7.94. The van der Waals surface area contributed by atoms with Gasteiger partial charge in [-0.25, -0.2) is 17.8 Å². The first-order chi connectivity index (χ1) is 9.92. The predicted molar refractivity (Wildman–Crippen MR) is 80.0 cm³/mol. The number of hydrogen-bond donors (Lipinski definition) is 2. The molecular formula is C13H12FN3O2S2. The van der Waals surface area contributed by atoms with E-state index >= 15 is 0 Å². The van der Waals surface area contributed by atoms with Gasteiger partial charge in [-0.05, 0) is 25.1 Å². The Morgan fingerprint density at radius 1 is 1.48 bits per heavy atom. The highest BCUT2D eigenvalue weighted by atomic mass is 32.2. The summed E-state index contributed by atoms with van der Waals surface area (Å²) < 4.78 is 40.2. The van der Waals surface area contributed by atoms with Crippen molar-refractivity contribution in [2.45, 2.75) is 11.1 Å². The van der Waals surface area contributed by atoms with Gasteiger partial charge in [-0.15, -0.1) is 11.3 Å². The van der Waals surface area contributed by atoms with Crippen LogP contribution in [0.3, 0.4) is 0 Å². The van der Waals surface area contributed by atoms with Crippen molar-refractivity contribution < 1.29 is 12.8 Å². The van der Waals surface area contributed by atoms with Gasteiger partial charge in [-0.2, -0.15) is 0 Å². The van der Waals surface area contributed by atoms with E-state index in [2.05, 4.69) is 21.5 Å². The molecule has 0 spiro atoms. The highest BCUT2D eigenvalue weighted by Crippen LogP contribution is 2.23. The third kappa shape index (κ3) is 3.78. The second kappa shape index (κ2) is 6.22. The Balaban J connectivity index is 2.39. The maximum Gasteiger partial charge on any atom is 0.273 e.